The third-order valence-electron chi connectivity index (χ3n) is 7.07. The van der Waals surface area contributed by atoms with Gasteiger partial charge < -0.3 is 15.0 Å². The third-order valence-corrected chi connectivity index (χ3v) is 8.49. The van der Waals surface area contributed by atoms with Gasteiger partial charge in [0.25, 0.3) is 5.91 Å². The van der Waals surface area contributed by atoms with Gasteiger partial charge >= 0.3 is 5.97 Å². The molecule has 206 valence electrons. The van der Waals surface area contributed by atoms with Crippen LogP contribution in [0.4, 0.5) is 5.69 Å². The standard InChI is InChI=1S/C27H27BrCl2N4O5/c1-3-39-26(38)20(33-23-22(28)24(36)27(23)8-10-34(11-9-27)15(2)35)12-16-4-6-17(7-5-16)32-25(37)21-18(29)13-31-14-19(21)30/h4-7,13-14,20,22H,3,8-12H2,1-2H3,(H,32,37)/t20-,22?/m0/s1. The predicted octanol–water partition coefficient (Wildman–Crippen LogP) is 4.53. The van der Waals surface area contributed by atoms with Crippen LogP contribution >= 0.6 is 39.1 Å². The van der Waals surface area contributed by atoms with Crippen molar-refractivity contribution in [1.29, 1.82) is 0 Å². The molecule has 39 heavy (non-hydrogen) atoms. The van der Waals surface area contributed by atoms with Gasteiger partial charge in [-0.1, -0.05) is 51.3 Å². The van der Waals surface area contributed by atoms with Gasteiger partial charge in [-0.25, -0.2) is 4.79 Å². The molecule has 1 unspecified atom stereocenters. The summed E-state index contributed by atoms with van der Waals surface area (Å²) >= 11 is 15.6. The van der Waals surface area contributed by atoms with Crippen molar-refractivity contribution in [2.24, 2.45) is 10.4 Å². The molecule has 2 amide bonds. The number of halogens is 3. The molecular weight excluding hydrogens is 611 g/mol. The van der Waals surface area contributed by atoms with Gasteiger partial charge in [-0.05, 0) is 37.5 Å². The molecule has 0 bridgehead atoms. The second-order valence-electron chi connectivity index (χ2n) is 9.43. The Morgan fingerprint density at radius 2 is 1.79 bits per heavy atom. The van der Waals surface area contributed by atoms with E-state index >= 15 is 0 Å². The lowest BCUT2D eigenvalue weighted by molar-refractivity contribution is -0.144. The lowest BCUT2D eigenvalue weighted by atomic mass is 9.60. The molecule has 1 aromatic heterocycles. The van der Waals surface area contributed by atoms with E-state index in [2.05, 4.69) is 26.2 Å². The fraction of sp³-hybridized carbons (Fsp3) is 0.407. The minimum Gasteiger partial charge on any atom is -0.464 e. The maximum absolute atomic E-state index is 12.9. The first-order valence-electron chi connectivity index (χ1n) is 12.5. The van der Waals surface area contributed by atoms with Crippen LogP contribution in [0.15, 0.2) is 41.7 Å². The highest BCUT2D eigenvalue weighted by molar-refractivity contribution is 9.10. The number of aliphatic imine (C=N–C) groups is 1. The molecule has 1 spiro atoms. The molecule has 0 radical (unpaired) electrons. The number of amides is 2. The van der Waals surface area contributed by atoms with Crippen LogP contribution in [-0.4, -0.2) is 69.7 Å². The van der Waals surface area contributed by atoms with Crippen molar-refractivity contribution < 1.29 is 23.9 Å². The van der Waals surface area contributed by atoms with Crippen LogP contribution in [0.25, 0.3) is 0 Å². The van der Waals surface area contributed by atoms with Crippen molar-refractivity contribution >= 4 is 74.1 Å². The molecule has 9 nitrogen and oxygen atoms in total. The Bertz CT molecular complexity index is 1310. The van der Waals surface area contributed by atoms with Crippen molar-refractivity contribution in [3.8, 4) is 0 Å². The summed E-state index contributed by atoms with van der Waals surface area (Å²) in [6, 6.07) is 6.09. The van der Waals surface area contributed by atoms with Crippen LogP contribution in [0.3, 0.4) is 0 Å². The number of hydrogen-bond acceptors (Lipinski definition) is 7. The van der Waals surface area contributed by atoms with E-state index in [9.17, 15) is 19.2 Å². The molecule has 4 rings (SSSR count). The Kier molecular flexibility index (Phi) is 9.08. The summed E-state index contributed by atoms with van der Waals surface area (Å²) in [5, 5.41) is 3.02. The largest absolute Gasteiger partial charge is 0.464 e. The maximum atomic E-state index is 12.9. The quantitative estimate of drug-likeness (QED) is 0.352. The zero-order chi connectivity index (χ0) is 28.3. The molecular formula is C27H27BrCl2N4O5. The highest BCUT2D eigenvalue weighted by Crippen LogP contribution is 2.47. The van der Waals surface area contributed by atoms with E-state index in [4.69, 9.17) is 32.9 Å². The van der Waals surface area contributed by atoms with Crippen LogP contribution in [0.5, 0.6) is 0 Å². The number of carbonyl (C=O) groups excluding carboxylic acids is 4. The van der Waals surface area contributed by atoms with E-state index in [-0.39, 0.29) is 40.3 Å². The number of esters is 1. The number of rotatable bonds is 7. The number of carbonyl (C=O) groups is 4. The number of benzene rings is 1. The molecule has 2 aliphatic rings. The van der Waals surface area contributed by atoms with Gasteiger partial charge in [0.15, 0.2) is 11.8 Å². The maximum Gasteiger partial charge on any atom is 0.331 e. The fourth-order valence-corrected chi connectivity index (χ4v) is 6.44. The monoisotopic (exact) mass is 636 g/mol. The molecule has 1 aromatic carbocycles. The molecule has 1 aliphatic heterocycles. The van der Waals surface area contributed by atoms with Gasteiger partial charge in [0.2, 0.25) is 5.91 Å². The Morgan fingerprint density at radius 3 is 2.36 bits per heavy atom. The number of pyridine rings is 1. The Labute approximate surface area is 244 Å². The van der Waals surface area contributed by atoms with Crippen molar-refractivity contribution in [3.63, 3.8) is 0 Å². The number of aromatic nitrogens is 1. The van der Waals surface area contributed by atoms with Crippen LogP contribution in [0, 0.1) is 5.41 Å². The van der Waals surface area contributed by atoms with Crippen molar-refractivity contribution in [2.75, 3.05) is 25.0 Å². The average Bonchev–Trinajstić information content (AvgIpc) is 2.91. The Balaban J connectivity index is 1.52. The summed E-state index contributed by atoms with van der Waals surface area (Å²) < 4.78 is 5.29. The molecule has 1 N–H and O–H groups in total. The summed E-state index contributed by atoms with van der Waals surface area (Å²) in [5.74, 6) is -0.960. The van der Waals surface area contributed by atoms with E-state index in [0.717, 1.165) is 5.56 Å². The fourth-order valence-electron chi connectivity index (χ4n) is 4.91. The van der Waals surface area contributed by atoms with Gasteiger partial charge in [0.05, 0.1) is 27.6 Å². The van der Waals surface area contributed by atoms with Crippen molar-refractivity contribution in [2.45, 2.75) is 44.0 Å². The first-order valence-corrected chi connectivity index (χ1v) is 14.1. The SMILES string of the molecule is CCOC(=O)[C@H](Cc1ccc(NC(=O)c2c(Cl)cncc2Cl)cc1)N=C1C(Br)C(=O)C12CCN(C(C)=O)CC2. The first kappa shape index (κ1) is 29.2. The summed E-state index contributed by atoms with van der Waals surface area (Å²) in [4.78, 5) is 60.0. The minimum atomic E-state index is -0.856. The van der Waals surface area contributed by atoms with Crippen molar-refractivity contribution in [3.05, 3.63) is 57.8 Å². The summed E-state index contributed by atoms with van der Waals surface area (Å²) in [6.07, 6.45) is 3.87. The Morgan fingerprint density at radius 1 is 1.18 bits per heavy atom. The molecule has 2 aromatic rings. The number of alkyl halides is 1. The molecule has 1 saturated heterocycles. The van der Waals surface area contributed by atoms with E-state index in [1.807, 2.05) is 0 Å². The van der Waals surface area contributed by atoms with E-state index in [0.29, 0.717) is 37.3 Å². The summed E-state index contributed by atoms with van der Waals surface area (Å²) in [7, 11) is 0. The highest BCUT2D eigenvalue weighted by atomic mass is 79.9. The van der Waals surface area contributed by atoms with Gasteiger partial charge in [0, 0.05) is 50.2 Å². The number of nitrogens with one attached hydrogen (secondary N) is 1. The van der Waals surface area contributed by atoms with Gasteiger partial charge in [-0.15, -0.1) is 0 Å². The average molecular weight is 638 g/mol. The van der Waals surface area contributed by atoms with Gasteiger partial charge in [-0.3, -0.25) is 24.4 Å². The predicted molar refractivity (Wildman–Crippen MR) is 152 cm³/mol. The zero-order valence-electron chi connectivity index (χ0n) is 21.4. The smallest absolute Gasteiger partial charge is 0.331 e. The zero-order valence-corrected chi connectivity index (χ0v) is 24.5. The first-order chi connectivity index (χ1) is 18.6. The second-order valence-corrected chi connectivity index (χ2v) is 11.2. The molecule has 1 saturated carbocycles. The van der Waals surface area contributed by atoms with Crippen LogP contribution < -0.4 is 5.32 Å². The normalized spacial score (nSPS) is 19.9. The number of piperidine rings is 1. The van der Waals surface area contributed by atoms with Crippen LogP contribution in [0.1, 0.15) is 42.6 Å². The lowest BCUT2D eigenvalue weighted by Gasteiger charge is -2.49. The van der Waals surface area contributed by atoms with E-state index in [1.54, 1.807) is 36.1 Å². The van der Waals surface area contributed by atoms with E-state index in [1.165, 1.54) is 19.3 Å². The third kappa shape index (κ3) is 6.02. The molecule has 2 atom stereocenters. The number of hydrogen-bond donors (Lipinski definition) is 1. The van der Waals surface area contributed by atoms with Gasteiger partial charge in [-0.2, -0.15) is 0 Å². The molecule has 12 heteroatoms. The number of ketones is 1. The van der Waals surface area contributed by atoms with Crippen LogP contribution in [-0.2, 0) is 25.5 Å². The Hall–Kier alpha value is -2.82. The molecule has 2 heterocycles. The molecule has 1 aliphatic carbocycles. The number of likely N-dealkylation sites (tertiary alicyclic amines) is 1. The number of anilines is 1. The highest BCUT2D eigenvalue weighted by Gasteiger charge is 2.59. The number of ether oxygens (including phenoxy) is 1. The van der Waals surface area contributed by atoms with Crippen molar-refractivity contribution in [1.82, 2.24) is 9.88 Å². The number of nitrogens with zero attached hydrogens (tertiary/aromatic N) is 3. The second kappa shape index (κ2) is 12.1. The van der Waals surface area contributed by atoms with Gasteiger partial charge in [0.1, 0.15) is 4.83 Å². The molecule has 2 fully saturated rings. The summed E-state index contributed by atoms with van der Waals surface area (Å²) in [6.45, 7) is 4.36. The van der Waals surface area contributed by atoms with Crippen LogP contribution in [0.2, 0.25) is 10.0 Å². The van der Waals surface area contributed by atoms with E-state index < -0.39 is 28.2 Å². The summed E-state index contributed by atoms with van der Waals surface area (Å²) in [5.41, 5.74) is 1.27. The minimum absolute atomic E-state index is 0.0264. The topological polar surface area (TPSA) is 118 Å². The lowest BCUT2D eigenvalue weighted by Crippen LogP contribution is -2.64. The number of Topliss-reactive ketones (excluding diaryl/α,β-unsaturated/α-hetero) is 1.